The third-order valence-corrected chi connectivity index (χ3v) is 5.92. The summed E-state index contributed by atoms with van der Waals surface area (Å²) in [6.07, 6.45) is 6.18. The summed E-state index contributed by atoms with van der Waals surface area (Å²) >= 11 is 0. The van der Waals surface area contributed by atoms with Gasteiger partial charge in [-0.25, -0.2) is 4.79 Å². The first-order valence-corrected chi connectivity index (χ1v) is 9.74. The van der Waals surface area contributed by atoms with Crippen LogP contribution in [0, 0.1) is 5.41 Å². The van der Waals surface area contributed by atoms with Crippen molar-refractivity contribution in [2.24, 2.45) is 5.41 Å². The first kappa shape index (κ1) is 18.7. The van der Waals surface area contributed by atoms with Gasteiger partial charge in [0, 0.05) is 38.3 Å². The molecular formula is C20H30N4O2. The van der Waals surface area contributed by atoms with E-state index in [1.807, 2.05) is 34.9 Å². The molecular weight excluding hydrogens is 328 g/mol. The minimum atomic E-state index is 0.0476. The fraction of sp³-hybridized carbons (Fsp3) is 0.650. The van der Waals surface area contributed by atoms with Crippen molar-refractivity contribution in [1.29, 1.82) is 0 Å². The summed E-state index contributed by atoms with van der Waals surface area (Å²) in [6, 6.07) is 6.08. The molecule has 2 aliphatic heterocycles. The quantitative estimate of drug-likeness (QED) is 0.900. The lowest BCUT2D eigenvalue weighted by molar-refractivity contribution is -0.139. The van der Waals surface area contributed by atoms with E-state index in [-0.39, 0.29) is 23.4 Å². The zero-order chi connectivity index (χ0) is 18.6. The highest BCUT2D eigenvalue weighted by molar-refractivity contribution is 5.77. The Labute approximate surface area is 156 Å². The van der Waals surface area contributed by atoms with Gasteiger partial charge in [-0.2, -0.15) is 0 Å². The van der Waals surface area contributed by atoms with Crippen LogP contribution in [-0.4, -0.2) is 52.4 Å². The van der Waals surface area contributed by atoms with Gasteiger partial charge in [0.1, 0.15) is 0 Å². The highest BCUT2D eigenvalue weighted by Gasteiger charge is 2.41. The maximum atomic E-state index is 12.4. The van der Waals surface area contributed by atoms with Gasteiger partial charge in [0.05, 0.1) is 12.2 Å². The fourth-order valence-corrected chi connectivity index (χ4v) is 3.93. The molecule has 1 aromatic heterocycles. The Hall–Kier alpha value is -2.11. The first-order valence-electron chi connectivity index (χ1n) is 9.74. The number of pyridine rings is 1. The Kier molecular flexibility index (Phi) is 5.79. The molecule has 26 heavy (non-hydrogen) atoms. The van der Waals surface area contributed by atoms with Crippen LogP contribution >= 0.6 is 0 Å². The van der Waals surface area contributed by atoms with E-state index in [4.69, 9.17) is 0 Å². The number of piperidine rings is 2. The zero-order valence-electron chi connectivity index (χ0n) is 15.9. The summed E-state index contributed by atoms with van der Waals surface area (Å²) in [7, 11) is 0. The summed E-state index contributed by atoms with van der Waals surface area (Å²) in [5.74, 6) is 0.221. The van der Waals surface area contributed by atoms with Gasteiger partial charge in [-0.3, -0.25) is 9.78 Å². The molecule has 6 nitrogen and oxygen atoms in total. The number of rotatable bonds is 4. The largest absolute Gasteiger partial charge is 0.336 e. The number of urea groups is 1. The van der Waals surface area contributed by atoms with Crippen LogP contribution in [-0.2, 0) is 11.3 Å². The maximum Gasteiger partial charge on any atom is 0.317 e. The molecule has 3 heterocycles. The number of carbonyl (C=O) groups is 2. The number of carbonyl (C=O) groups excluding carboxylic acids is 2. The van der Waals surface area contributed by atoms with Crippen LogP contribution in [0.25, 0.3) is 0 Å². The third-order valence-electron chi connectivity index (χ3n) is 5.92. The SMILES string of the molecule is CCC(C)NC(=O)N1CCC2(CCC(=O)N(Cc3ccccn3)C2)CC1. The van der Waals surface area contributed by atoms with E-state index in [2.05, 4.69) is 17.2 Å². The minimum absolute atomic E-state index is 0.0476. The summed E-state index contributed by atoms with van der Waals surface area (Å²) in [5, 5.41) is 3.05. The Morgan fingerprint density at radius 2 is 2.08 bits per heavy atom. The Bertz CT molecular complexity index is 626. The Balaban J connectivity index is 1.57. The van der Waals surface area contributed by atoms with Crippen molar-refractivity contribution < 1.29 is 9.59 Å². The molecule has 3 rings (SSSR count). The van der Waals surface area contributed by atoms with Crippen molar-refractivity contribution in [2.45, 2.75) is 58.5 Å². The van der Waals surface area contributed by atoms with Gasteiger partial charge in [0.25, 0.3) is 0 Å². The van der Waals surface area contributed by atoms with Crippen molar-refractivity contribution in [3.05, 3.63) is 30.1 Å². The van der Waals surface area contributed by atoms with Gasteiger partial charge in [0.15, 0.2) is 0 Å². The normalized spacial score (nSPS) is 20.9. The molecule has 0 bridgehead atoms. The average Bonchev–Trinajstić information content (AvgIpc) is 2.66. The molecule has 1 N–H and O–H groups in total. The molecule has 1 unspecified atom stereocenters. The van der Waals surface area contributed by atoms with Crippen molar-refractivity contribution in [3.8, 4) is 0 Å². The molecule has 6 heteroatoms. The van der Waals surface area contributed by atoms with E-state index in [1.54, 1.807) is 6.20 Å². The lowest BCUT2D eigenvalue weighted by Crippen LogP contribution is -2.54. The molecule has 2 aliphatic rings. The summed E-state index contributed by atoms with van der Waals surface area (Å²) in [4.78, 5) is 33.0. The molecule has 1 aromatic rings. The first-order chi connectivity index (χ1) is 12.5. The van der Waals surface area contributed by atoms with Gasteiger partial charge >= 0.3 is 6.03 Å². The van der Waals surface area contributed by atoms with E-state index in [0.29, 0.717) is 13.0 Å². The van der Waals surface area contributed by atoms with E-state index in [0.717, 1.165) is 51.0 Å². The molecule has 0 radical (unpaired) electrons. The van der Waals surface area contributed by atoms with Gasteiger partial charge in [-0.1, -0.05) is 13.0 Å². The molecule has 2 saturated heterocycles. The molecule has 1 spiro atoms. The third kappa shape index (κ3) is 4.34. The topological polar surface area (TPSA) is 65.5 Å². The fourth-order valence-electron chi connectivity index (χ4n) is 3.93. The average molecular weight is 358 g/mol. The van der Waals surface area contributed by atoms with E-state index in [9.17, 15) is 9.59 Å². The van der Waals surface area contributed by atoms with Crippen molar-refractivity contribution >= 4 is 11.9 Å². The van der Waals surface area contributed by atoms with Crippen molar-refractivity contribution in [1.82, 2.24) is 20.1 Å². The van der Waals surface area contributed by atoms with E-state index >= 15 is 0 Å². The van der Waals surface area contributed by atoms with Crippen molar-refractivity contribution in [3.63, 3.8) is 0 Å². The van der Waals surface area contributed by atoms with Crippen LogP contribution in [0.5, 0.6) is 0 Å². The summed E-state index contributed by atoms with van der Waals surface area (Å²) in [5.41, 5.74) is 1.08. The second-order valence-corrected chi connectivity index (χ2v) is 7.82. The molecule has 142 valence electrons. The minimum Gasteiger partial charge on any atom is -0.336 e. The zero-order valence-corrected chi connectivity index (χ0v) is 15.9. The van der Waals surface area contributed by atoms with Crippen molar-refractivity contribution in [2.75, 3.05) is 19.6 Å². The number of nitrogens with zero attached hydrogens (tertiary/aromatic N) is 3. The Morgan fingerprint density at radius 1 is 1.31 bits per heavy atom. The number of amides is 3. The monoisotopic (exact) mass is 358 g/mol. The van der Waals surface area contributed by atoms with Gasteiger partial charge in [-0.15, -0.1) is 0 Å². The Morgan fingerprint density at radius 3 is 2.73 bits per heavy atom. The number of hydrogen-bond acceptors (Lipinski definition) is 3. The van der Waals surface area contributed by atoms with Crippen LogP contribution in [0.4, 0.5) is 4.79 Å². The van der Waals surface area contributed by atoms with E-state index in [1.165, 1.54) is 0 Å². The predicted molar refractivity (Wildman–Crippen MR) is 100 cm³/mol. The van der Waals surface area contributed by atoms with Crippen LogP contribution in [0.1, 0.15) is 51.6 Å². The molecule has 2 fully saturated rings. The molecule has 1 atom stereocenters. The summed E-state index contributed by atoms with van der Waals surface area (Å²) in [6.45, 7) is 7.02. The lowest BCUT2D eigenvalue weighted by Gasteiger charge is -2.47. The smallest absolute Gasteiger partial charge is 0.317 e. The van der Waals surface area contributed by atoms with Gasteiger partial charge in [0.2, 0.25) is 5.91 Å². The standard InChI is InChI=1S/C20H30N4O2/c1-3-16(2)22-19(26)23-12-9-20(10-13-23)8-7-18(25)24(15-20)14-17-6-4-5-11-21-17/h4-6,11,16H,3,7-10,12-15H2,1-2H3,(H,22,26). The van der Waals surface area contributed by atoms with Crippen LogP contribution in [0.15, 0.2) is 24.4 Å². The number of nitrogens with one attached hydrogen (secondary N) is 1. The second-order valence-electron chi connectivity index (χ2n) is 7.82. The van der Waals surface area contributed by atoms with Gasteiger partial charge < -0.3 is 15.1 Å². The molecule has 3 amide bonds. The number of hydrogen-bond donors (Lipinski definition) is 1. The highest BCUT2D eigenvalue weighted by Crippen LogP contribution is 2.40. The van der Waals surface area contributed by atoms with Crippen LogP contribution < -0.4 is 5.32 Å². The molecule has 0 saturated carbocycles. The van der Waals surface area contributed by atoms with E-state index < -0.39 is 0 Å². The molecule has 0 aliphatic carbocycles. The maximum absolute atomic E-state index is 12.4. The van der Waals surface area contributed by atoms with Gasteiger partial charge in [-0.05, 0) is 50.2 Å². The summed E-state index contributed by atoms with van der Waals surface area (Å²) < 4.78 is 0. The second kappa shape index (κ2) is 8.06. The van der Waals surface area contributed by atoms with Crippen LogP contribution in [0.2, 0.25) is 0 Å². The highest BCUT2D eigenvalue weighted by atomic mass is 16.2. The lowest BCUT2D eigenvalue weighted by atomic mass is 9.72. The van der Waals surface area contributed by atoms with Crippen LogP contribution in [0.3, 0.4) is 0 Å². The molecule has 0 aromatic carbocycles. The number of likely N-dealkylation sites (tertiary alicyclic amines) is 2. The number of aromatic nitrogens is 1. The predicted octanol–water partition coefficient (Wildman–Crippen LogP) is 2.79.